The number of nitro groups is 1. The van der Waals surface area contributed by atoms with Crippen LogP contribution in [0.2, 0.25) is 0 Å². The maximum atomic E-state index is 12.1. The molecular weight excluding hydrogens is 308 g/mol. The van der Waals surface area contributed by atoms with E-state index in [1.165, 1.54) is 17.0 Å². The fraction of sp³-hybridized carbons (Fsp3) is 0.214. The number of hydrogen-bond acceptors (Lipinski definition) is 5. The zero-order chi connectivity index (χ0) is 15.0. The highest BCUT2D eigenvalue weighted by molar-refractivity contribution is 8.01. The Hall–Kier alpha value is -1.86. The molecule has 5 nitrogen and oxygen atoms in total. The first-order valence-electron chi connectivity index (χ1n) is 6.43. The molecule has 0 saturated heterocycles. The number of rotatable bonds is 3. The average molecular weight is 320 g/mol. The number of hydrogen-bond donors (Lipinski definition) is 1. The van der Waals surface area contributed by atoms with Crippen LogP contribution in [0.25, 0.3) is 0 Å². The van der Waals surface area contributed by atoms with Crippen molar-refractivity contribution in [3.63, 3.8) is 0 Å². The van der Waals surface area contributed by atoms with Crippen molar-refractivity contribution in [2.75, 3.05) is 0 Å². The van der Waals surface area contributed by atoms with Crippen LogP contribution in [0.3, 0.4) is 0 Å². The van der Waals surface area contributed by atoms with E-state index in [2.05, 4.69) is 12.2 Å². The van der Waals surface area contributed by atoms with Gasteiger partial charge in [-0.15, -0.1) is 11.3 Å². The Morgan fingerprint density at radius 1 is 1.33 bits per heavy atom. The Morgan fingerprint density at radius 3 is 2.67 bits per heavy atom. The molecule has 7 heteroatoms. The zero-order valence-electron chi connectivity index (χ0n) is 11.2. The number of thiophene rings is 1. The number of carbonyl (C=O) groups is 1. The number of benzene rings is 1. The van der Waals surface area contributed by atoms with E-state index in [1.807, 2.05) is 6.07 Å². The Morgan fingerprint density at radius 2 is 2.05 bits per heavy atom. The van der Waals surface area contributed by atoms with Crippen LogP contribution >= 0.6 is 23.1 Å². The second kappa shape index (κ2) is 5.50. The summed E-state index contributed by atoms with van der Waals surface area (Å²) in [6.07, 6.45) is 0.910. The number of aryl methyl sites for hydroxylation is 1. The minimum Gasteiger partial charge on any atom is -0.336 e. The highest BCUT2D eigenvalue weighted by atomic mass is 32.2. The molecule has 1 aromatic carbocycles. The van der Waals surface area contributed by atoms with Gasteiger partial charge in [-0.2, -0.15) is 0 Å². The predicted octanol–water partition coefficient (Wildman–Crippen LogP) is 3.75. The molecule has 3 rings (SSSR count). The van der Waals surface area contributed by atoms with Gasteiger partial charge in [0.2, 0.25) is 0 Å². The number of nitrogens with one attached hydrogen (secondary N) is 1. The van der Waals surface area contributed by atoms with Crippen LogP contribution in [0.5, 0.6) is 0 Å². The summed E-state index contributed by atoms with van der Waals surface area (Å²) in [5.74, 6) is -0.0805. The number of amides is 1. The van der Waals surface area contributed by atoms with Crippen molar-refractivity contribution in [3.05, 3.63) is 56.5 Å². The topological polar surface area (TPSA) is 72.2 Å². The largest absolute Gasteiger partial charge is 0.336 e. The number of nitrogens with zero attached hydrogens (tertiary/aromatic N) is 1. The monoisotopic (exact) mass is 320 g/mol. The second-order valence-corrected chi connectivity index (χ2v) is 7.10. The van der Waals surface area contributed by atoms with Gasteiger partial charge in [-0.1, -0.05) is 18.7 Å². The molecule has 0 spiro atoms. The van der Waals surface area contributed by atoms with Gasteiger partial charge in [0, 0.05) is 17.0 Å². The molecule has 1 aromatic heterocycles. The SMILES string of the molecule is CCc1cc2c(s1)S[C@H](c1ccc([N+](=O)[O-])cc1)NC2=O. The fourth-order valence-corrected chi connectivity index (χ4v) is 4.67. The van der Waals surface area contributed by atoms with Crippen molar-refractivity contribution in [2.24, 2.45) is 0 Å². The Bertz CT molecular complexity index is 710. The lowest BCUT2D eigenvalue weighted by molar-refractivity contribution is -0.384. The first-order chi connectivity index (χ1) is 10.1. The van der Waals surface area contributed by atoms with Crippen molar-refractivity contribution in [2.45, 2.75) is 22.9 Å². The number of fused-ring (bicyclic) bond motifs is 1. The van der Waals surface area contributed by atoms with E-state index in [0.29, 0.717) is 0 Å². The van der Waals surface area contributed by atoms with Crippen molar-refractivity contribution < 1.29 is 9.72 Å². The van der Waals surface area contributed by atoms with Crippen LogP contribution in [0.15, 0.2) is 34.5 Å². The van der Waals surface area contributed by atoms with E-state index in [-0.39, 0.29) is 17.0 Å². The Balaban J connectivity index is 1.88. The van der Waals surface area contributed by atoms with Crippen LogP contribution in [-0.4, -0.2) is 10.8 Å². The first-order valence-corrected chi connectivity index (χ1v) is 8.12. The van der Waals surface area contributed by atoms with Gasteiger partial charge >= 0.3 is 0 Å². The van der Waals surface area contributed by atoms with Crippen molar-refractivity contribution in [1.29, 1.82) is 0 Å². The number of carbonyl (C=O) groups excluding carboxylic acids is 1. The molecule has 1 amide bonds. The number of nitro benzene ring substituents is 1. The van der Waals surface area contributed by atoms with E-state index in [0.717, 1.165) is 21.8 Å². The summed E-state index contributed by atoms with van der Waals surface area (Å²) in [4.78, 5) is 23.6. The van der Waals surface area contributed by atoms with Gasteiger partial charge in [-0.25, -0.2) is 0 Å². The summed E-state index contributed by atoms with van der Waals surface area (Å²) in [6.45, 7) is 2.06. The molecule has 0 unspecified atom stereocenters. The first kappa shape index (κ1) is 14.1. The molecule has 0 radical (unpaired) electrons. The van der Waals surface area contributed by atoms with Gasteiger partial charge in [-0.3, -0.25) is 14.9 Å². The van der Waals surface area contributed by atoms with Gasteiger partial charge in [-0.05, 0) is 30.2 Å². The summed E-state index contributed by atoms with van der Waals surface area (Å²) in [6, 6.07) is 8.24. The van der Waals surface area contributed by atoms with E-state index in [1.54, 1.807) is 35.2 Å². The predicted molar refractivity (Wildman–Crippen MR) is 82.9 cm³/mol. The number of thioether (sulfide) groups is 1. The highest BCUT2D eigenvalue weighted by Gasteiger charge is 2.28. The smallest absolute Gasteiger partial charge is 0.269 e. The molecule has 1 aliphatic rings. The molecule has 1 atom stereocenters. The van der Waals surface area contributed by atoms with E-state index in [4.69, 9.17) is 0 Å². The van der Waals surface area contributed by atoms with Gasteiger partial charge in [0.25, 0.3) is 11.6 Å². The van der Waals surface area contributed by atoms with Gasteiger partial charge < -0.3 is 5.32 Å². The van der Waals surface area contributed by atoms with E-state index < -0.39 is 4.92 Å². The maximum Gasteiger partial charge on any atom is 0.269 e. The van der Waals surface area contributed by atoms with Gasteiger partial charge in [0.05, 0.1) is 14.7 Å². The van der Waals surface area contributed by atoms with Crippen molar-refractivity contribution >= 4 is 34.7 Å². The Kier molecular flexibility index (Phi) is 3.69. The molecule has 0 bridgehead atoms. The molecule has 1 N–H and O–H groups in total. The van der Waals surface area contributed by atoms with Gasteiger partial charge in [0.1, 0.15) is 5.37 Å². The second-order valence-electron chi connectivity index (χ2n) is 4.59. The lowest BCUT2D eigenvalue weighted by Gasteiger charge is -2.22. The normalized spacial score (nSPS) is 17.2. The summed E-state index contributed by atoms with van der Waals surface area (Å²) in [7, 11) is 0. The lowest BCUT2D eigenvalue weighted by Crippen LogP contribution is -2.29. The van der Waals surface area contributed by atoms with Crippen LogP contribution in [-0.2, 0) is 6.42 Å². The zero-order valence-corrected chi connectivity index (χ0v) is 12.8. The van der Waals surface area contributed by atoms with Crippen LogP contribution < -0.4 is 5.32 Å². The highest BCUT2D eigenvalue weighted by Crippen LogP contribution is 2.43. The van der Waals surface area contributed by atoms with Crippen molar-refractivity contribution in [3.8, 4) is 0 Å². The third kappa shape index (κ3) is 2.66. The van der Waals surface area contributed by atoms with Crippen LogP contribution in [0.4, 0.5) is 5.69 Å². The van der Waals surface area contributed by atoms with E-state index >= 15 is 0 Å². The summed E-state index contributed by atoms with van der Waals surface area (Å²) < 4.78 is 1.01. The van der Waals surface area contributed by atoms with Crippen LogP contribution in [0, 0.1) is 10.1 Å². The molecule has 0 fully saturated rings. The molecule has 1 aliphatic heterocycles. The molecule has 2 aromatic rings. The third-order valence-corrected chi connectivity index (χ3v) is 5.91. The molecule has 0 aliphatic carbocycles. The summed E-state index contributed by atoms with van der Waals surface area (Å²) >= 11 is 3.22. The minimum absolute atomic E-state index is 0.0518. The molecule has 21 heavy (non-hydrogen) atoms. The fourth-order valence-electron chi connectivity index (χ4n) is 2.10. The van der Waals surface area contributed by atoms with Crippen molar-refractivity contribution in [1.82, 2.24) is 5.32 Å². The third-order valence-electron chi connectivity index (χ3n) is 3.24. The average Bonchev–Trinajstić information content (AvgIpc) is 2.91. The lowest BCUT2D eigenvalue weighted by atomic mass is 10.2. The molecule has 108 valence electrons. The summed E-state index contributed by atoms with van der Waals surface area (Å²) in [5.41, 5.74) is 1.65. The molecular formula is C14H12N2O3S2. The standard InChI is InChI=1S/C14H12N2O3S2/c1-2-10-7-11-12(17)15-13(21-14(11)20-10)8-3-5-9(6-4-8)16(18)19/h3-7,13H,2H2,1H3,(H,15,17)/t13-/m1/s1. The maximum absolute atomic E-state index is 12.1. The van der Waals surface area contributed by atoms with E-state index in [9.17, 15) is 14.9 Å². The summed E-state index contributed by atoms with van der Waals surface area (Å²) in [5, 5.41) is 13.4. The molecule has 0 saturated carbocycles. The van der Waals surface area contributed by atoms with Crippen LogP contribution in [0.1, 0.15) is 33.1 Å². The quantitative estimate of drug-likeness (QED) is 0.690. The Labute approximate surface area is 129 Å². The number of non-ortho nitro benzene ring substituents is 1. The van der Waals surface area contributed by atoms with Gasteiger partial charge in [0.15, 0.2) is 0 Å². The minimum atomic E-state index is -0.429. The molecule has 2 heterocycles.